The summed E-state index contributed by atoms with van der Waals surface area (Å²) in [6.45, 7) is 4.20. The number of aryl methyl sites for hydroxylation is 6. The number of fused-ring (bicyclic) bond motifs is 8. The summed E-state index contributed by atoms with van der Waals surface area (Å²) in [6, 6.07) is 13.8. The van der Waals surface area contributed by atoms with E-state index in [-0.39, 0.29) is 29.6 Å². The van der Waals surface area contributed by atoms with Crippen LogP contribution in [0.4, 0.5) is 4.39 Å². The van der Waals surface area contributed by atoms with E-state index >= 15 is 0 Å². The molecular weight excluding hydrogens is 669 g/mol. The zero-order chi connectivity index (χ0) is 34.8. The first-order chi connectivity index (χ1) is 23.3. The molecule has 4 heterocycles. The zero-order valence-corrected chi connectivity index (χ0v) is 29.1. The average Bonchev–Trinajstić information content (AvgIpc) is 3.61. The van der Waals surface area contributed by atoms with Gasteiger partial charge in [0.1, 0.15) is 17.3 Å². The van der Waals surface area contributed by atoms with Crippen molar-refractivity contribution in [2.24, 2.45) is 14.1 Å². The van der Waals surface area contributed by atoms with E-state index in [1.165, 1.54) is 12.1 Å². The molecule has 0 fully saturated rings. The highest BCUT2D eigenvalue weighted by molar-refractivity contribution is 7.89. The maximum absolute atomic E-state index is 14.3. The minimum atomic E-state index is -3.77. The Labute approximate surface area is 287 Å². The Kier molecular flexibility index (Phi) is 8.27. The van der Waals surface area contributed by atoms with E-state index in [1.54, 1.807) is 59.2 Å². The minimum Gasteiger partial charge on any atom is -0.493 e. The van der Waals surface area contributed by atoms with E-state index in [0.717, 1.165) is 16.6 Å². The molecule has 3 aromatic carbocycles. The van der Waals surface area contributed by atoms with Crippen molar-refractivity contribution < 1.29 is 27.4 Å². The molecule has 0 spiro atoms. The monoisotopic (exact) mass is 703 g/mol. The molecule has 254 valence electrons. The first-order valence-corrected chi connectivity index (χ1v) is 18.2. The summed E-state index contributed by atoms with van der Waals surface area (Å²) in [5.74, 6) is -1.49. The molecule has 0 radical (unpaired) electrons. The molecule has 49 heavy (non-hydrogen) atoms. The van der Waals surface area contributed by atoms with Gasteiger partial charge in [0.05, 0.1) is 29.5 Å². The Morgan fingerprint density at radius 1 is 0.980 bits per heavy atom. The Hall–Kier alpha value is -4.68. The summed E-state index contributed by atoms with van der Waals surface area (Å²) in [5.41, 5.74) is 5.64. The van der Waals surface area contributed by atoms with Gasteiger partial charge in [0, 0.05) is 64.5 Å². The number of aromatic carboxylic acids is 1. The molecule has 0 amide bonds. The number of carbonyl (C=O) groups is 1. The summed E-state index contributed by atoms with van der Waals surface area (Å²) in [4.78, 5) is 12.7. The minimum absolute atomic E-state index is 0.116. The molecule has 7 rings (SSSR count). The number of rotatable bonds is 1. The van der Waals surface area contributed by atoms with E-state index in [9.17, 15) is 22.7 Å². The Bertz CT molecular complexity index is 2430. The van der Waals surface area contributed by atoms with Crippen LogP contribution >= 0.6 is 11.6 Å². The lowest BCUT2D eigenvalue weighted by molar-refractivity contribution is 0.0684. The Morgan fingerprint density at radius 3 is 2.55 bits per heavy atom. The standard InChI is InChI=1S/C36H35ClFN5O5S/c1-20-32-30-11-10-28(37)34(32)33-21(2)41(3)40-29(33)19-49(46,47)18-25-17-26(42(4)39-25)8-6-22-14-23-16-24(38)7-9-27(23)31(15-22)48-13-5-12-43(30)35(20)36(44)45/h7,9-11,14-17H,5-6,8,12-13,18-19H2,1-4H3,(H,44,45). The van der Waals surface area contributed by atoms with Gasteiger partial charge in [-0.2, -0.15) is 10.2 Å². The number of carboxylic acids is 1. The second-order valence-corrected chi connectivity index (χ2v) is 15.2. The molecule has 0 unspecified atom stereocenters. The van der Waals surface area contributed by atoms with Gasteiger partial charge in [0.15, 0.2) is 9.84 Å². The van der Waals surface area contributed by atoms with Crippen LogP contribution in [0.15, 0.2) is 48.5 Å². The largest absolute Gasteiger partial charge is 0.493 e. The lowest BCUT2D eigenvalue weighted by Crippen LogP contribution is -2.12. The van der Waals surface area contributed by atoms with Gasteiger partial charge in [-0.1, -0.05) is 17.7 Å². The molecule has 6 aromatic rings. The van der Waals surface area contributed by atoms with Gasteiger partial charge in [-0.05, 0) is 92.1 Å². The van der Waals surface area contributed by atoms with Crippen molar-refractivity contribution in [1.29, 1.82) is 0 Å². The molecule has 1 aliphatic heterocycles. The highest BCUT2D eigenvalue weighted by Crippen LogP contribution is 2.43. The molecule has 1 aliphatic rings. The Morgan fingerprint density at radius 2 is 1.78 bits per heavy atom. The number of aromatic nitrogens is 5. The third-order valence-corrected chi connectivity index (χ3v) is 11.2. The topological polar surface area (TPSA) is 121 Å². The fourth-order valence-electron chi connectivity index (χ4n) is 7.13. The second kappa shape index (κ2) is 12.3. The van der Waals surface area contributed by atoms with Gasteiger partial charge in [0.25, 0.3) is 0 Å². The van der Waals surface area contributed by atoms with Crippen LogP contribution in [0.25, 0.3) is 32.8 Å². The number of ether oxygens (including phenoxy) is 1. The van der Waals surface area contributed by atoms with Crippen LogP contribution in [0, 0.1) is 19.7 Å². The number of benzene rings is 3. The average molecular weight is 704 g/mol. The quantitative estimate of drug-likeness (QED) is 0.202. The first kappa shape index (κ1) is 32.8. The van der Waals surface area contributed by atoms with Gasteiger partial charge in [-0.25, -0.2) is 17.6 Å². The van der Waals surface area contributed by atoms with Crippen LogP contribution in [0.5, 0.6) is 5.75 Å². The van der Waals surface area contributed by atoms with Crippen molar-refractivity contribution >= 4 is 49.1 Å². The maximum atomic E-state index is 14.3. The second-order valence-electron chi connectivity index (χ2n) is 12.7. The number of sulfone groups is 1. The van der Waals surface area contributed by atoms with Gasteiger partial charge >= 0.3 is 5.97 Å². The van der Waals surface area contributed by atoms with E-state index < -0.39 is 15.8 Å². The predicted octanol–water partition coefficient (Wildman–Crippen LogP) is 6.72. The van der Waals surface area contributed by atoms with Crippen LogP contribution in [0.2, 0.25) is 5.02 Å². The van der Waals surface area contributed by atoms with E-state index in [0.29, 0.717) is 86.6 Å². The van der Waals surface area contributed by atoms with Crippen LogP contribution in [0.3, 0.4) is 0 Å². The van der Waals surface area contributed by atoms with Crippen molar-refractivity contribution in [1.82, 2.24) is 24.1 Å². The Balaban J connectivity index is 1.40. The van der Waals surface area contributed by atoms with Crippen LogP contribution in [-0.4, -0.2) is 50.2 Å². The number of carboxylic acid groups (broad SMARTS) is 1. The number of hydrogen-bond acceptors (Lipinski definition) is 6. The number of nitrogens with zero attached hydrogens (tertiary/aromatic N) is 5. The fourth-order valence-corrected chi connectivity index (χ4v) is 8.70. The van der Waals surface area contributed by atoms with Crippen molar-refractivity contribution in [3.63, 3.8) is 0 Å². The third kappa shape index (κ3) is 5.97. The molecule has 3 aromatic heterocycles. The molecule has 10 nitrogen and oxygen atoms in total. The number of halogens is 2. The summed E-state index contributed by atoms with van der Waals surface area (Å²) >= 11 is 6.90. The van der Waals surface area contributed by atoms with E-state index in [1.807, 2.05) is 19.1 Å². The third-order valence-electron chi connectivity index (χ3n) is 9.42. The lowest BCUT2D eigenvalue weighted by atomic mass is 9.97. The van der Waals surface area contributed by atoms with E-state index in [2.05, 4.69) is 10.2 Å². The van der Waals surface area contributed by atoms with E-state index in [4.69, 9.17) is 16.3 Å². The summed E-state index contributed by atoms with van der Waals surface area (Å²) < 4.78 is 53.2. The van der Waals surface area contributed by atoms with Crippen molar-refractivity contribution in [3.8, 4) is 16.9 Å². The van der Waals surface area contributed by atoms with Gasteiger partial charge in [0.2, 0.25) is 0 Å². The van der Waals surface area contributed by atoms with Crippen LogP contribution in [0.1, 0.15) is 50.8 Å². The molecule has 0 saturated carbocycles. The molecule has 8 bridgehead atoms. The van der Waals surface area contributed by atoms with Gasteiger partial charge in [-0.15, -0.1) is 0 Å². The fraction of sp³-hybridized carbons (Fsp3) is 0.306. The number of hydrogen-bond donors (Lipinski definition) is 1. The molecule has 13 heteroatoms. The molecule has 1 N–H and O–H groups in total. The predicted molar refractivity (Wildman–Crippen MR) is 187 cm³/mol. The zero-order valence-electron chi connectivity index (χ0n) is 27.5. The van der Waals surface area contributed by atoms with Crippen LogP contribution in [-0.2, 0) is 54.8 Å². The first-order valence-electron chi connectivity index (χ1n) is 16.0. The lowest BCUT2D eigenvalue weighted by Gasteiger charge is -2.14. The normalized spacial score (nSPS) is 15.2. The summed E-state index contributed by atoms with van der Waals surface area (Å²) in [5, 5.41) is 22.0. The van der Waals surface area contributed by atoms with Crippen LogP contribution < -0.4 is 4.74 Å². The van der Waals surface area contributed by atoms with Gasteiger partial charge < -0.3 is 14.4 Å². The summed E-state index contributed by atoms with van der Waals surface area (Å²) in [7, 11) is -0.233. The van der Waals surface area contributed by atoms with Crippen molar-refractivity contribution in [2.45, 2.75) is 51.2 Å². The molecule has 0 aliphatic carbocycles. The van der Waals surface area contributed by atoms with Gasteiger partial charge in [-0.3, -0.25) is 9.36 Å². The molecule has 0 saturated heterocycles. The molecular formula is C36H35ClFN5O5S. The van der Waals surface area contributed by atoms with Crippen molar-refractivity contribution in [3.05, 3.63) is 99.0 Å². The highest BCUT2D eigenvalue weighted by Gasteiger charge is 2.29. The maximum Gasteiger partial charge on any atom is 0.352 e. The molecule has 0 atom stereocenters. The smallest absolute Gasteiger partial charge is 0.352 e. The van der Waals surface area contributed by atoms with Crippen molar-refractivity contribution in [2.75, 3.05) is 6.61 Å². The SMILES string of the molecule is Cc1c(C(=O)O)n2c3ccc(Cl)c(c13)-c1c(nn(C)c1C)CS(=O)(=O)Cc1cc(n(C)n1)CCc1cc(c3ccc(F)cc3c1)OCCC2. The highest BCUT2D eigenvalue weighted by atomic mass is 35.5. The summed E-state index contributed by atoms with van der Waals surface area (Å²) in [6.07, 6.45) is 1.63.